The number of para-hydroxylation sites is 2. The van der Waals surface area contributed by atoms with Crippen LogP contribution in [0.2, 0.25) is 0 Å². The minimum Gasteiger partial charge on any atom is -0.457 e. The number of aromatic amines is 1. The SMILES string of the molecule is O=C(NC1CCc2[nH]cnc2C1)c1ccccc1Oc1ccccc1. The fourth-order valence-corrected chi connectivity index (χ4v) is 3.14. The van der Waals surface area contributed by atoms with Crippen LogP contribution in [0.1, 0.15) is 28.2 Å². The van der Waals surface area contributed by atoms with E-state index in [2.05, 4.69) is 15.3 Å². The van der Waals surface area contributed by atoms with Gasteiger partial charge in [0.1, 0.15) is 11.5 Å². The van der Waals surface area contributed by atoms with Crippen LogP contribution < -0.4 is 10.1 Å². The molecule has 1 aliphatic rings. The quantitative estimate of drug-likeness (QED) is 0.768. The summed E-state index contributed by atoms with van der Waals surface area (Å²) in [5, 5.41) is 3.12. The first kappa shape index (κ1) is 15.4. The summed E-state index contributed by atoms with van der Waals surface area (Å²) in [5.74, 6) is 1.15. The molecule has 0 spiro atoms. The van der Waals surface area contributed by atoms with E-state index in [4.69, 9.17) is 4.74 Å². The van der Waals surface area contributed by atoms with E-state index in [0.717, 1.165) is 25.0 Å². The highest BCUT2D eigenvalue weighted by Gasteiger charge is 2.23. The van der Waals surface area contributed by atoms with Crippen molar-refractivity contribution in [3.63, 3.8) is 0 Å². The summed E-state index contributed by atoms with van der Waals surface area (Å²) in [7, 11) is 0. The van der Waals surface area contributed by atoms with Crippen LogP contribution >= 0.6 is 0 Å². The van der Waals surface area contributed by atoms with E-state index in [9.17, 15) is 4.79 Å². The minimum atomic E-state index is -0.115. The lowest BCUT2D eigenvalue weighted by Gasteiger charge is -2.23. The predicted molar refractivity (Wildman–Crippen MR) is 94.8 cm³/mol. The third-order valence-electron chi connectivity index (χ3n) is 4.43. The summed E-state index contributed by atoms with van der Waals surface area (Å²) in [4.78, 5) is 20.2. The van der Waals surface area contributed by atoms with Crippen molar-refractivity contribution in [3.05, 3.63) is 77.9 Å². The van der Waals surface area contributed by atoms with Crippen LogP contribution in [0, 0.1) is 0 Å². The van der Waals surface area contributed by atoms with Crippen molar-refractivity contribution in [1.29, 1.82) is 0 Å². The summed E-state index contributed by atoms with van der Waals surface area (Å²) in [6.07, 6.45) is 4.29. The van der Waals surface area contributed by atoms with Crippen LogP contribution in [0.3, 0.4) is 0 Å². The van der Waals surface area contributed by atoms with Gasteiger partial charge in [-0.25, -0.2) is 4.98 Å². The van der Waals surface area contributed by atoms with Crippen molar-refractivity contribution in [2.45, 2.75) is 25.3 Å². The van der Waals surface area contributed by atoms with Crippen molar-refractivity contribution >= 4 is 5.91 Å². The maximum Gasteiger partial charge on any atom is 0.255 e. The fourth-order valence-electron chi connectivity index (χ4n) is 3.14. The molecule has 0 saturated heterocycles. The predicted octanol–water partition coefficient (Wildman–Crippen LogP) is 3.49. The van der Waals surface area contributed by atoms with Gasteiger partial charge in [0.2, 0.25) is 0 Å². The Kier molecular flexibility index (Phi) is 4.21. The Morgan fingerprint density at radius 1 is 1.12 bits per heavy atom. The Bertz CT molecular complexity index is 873. The van der Waals surface area contributed by atoms with Crippen LogP contribution in [0.5, 0.6) is 11.5 Å². The number of nitrogens with zero attached hydrogens (tertiary/aromatic N) is 1. The van der Waals surface area contributed by atoms with Crippen LogP contribution in [0.15, 0.2) is 60.9 Å². The van der Waals surface area contributed by atoms with Crippen molar-refractivity contribution in [3.8, 4) is 11.5 Å². The summed E-state index contributed by atoms with van der Waals surface area (Å²) < 4.78 is 5.89. The lowest BCUT2D eigenvalue weighted by molar-refractivity contribution is 0.0931. The normalized spacial score (nSPS) is 16.1. The van der Waals surface area contributed by atoms with Crippen LogP contribution in [0.25, 0.3) is 0 Å². The zero-order valence-corrected chi connectivity index (χ0v) is 13.7. The molecule has 0 aliphatic heterocycles. The number of carbonyl (C=O) groups excluding carboxylic acids is 1. The molecule has 25 heavy (non-hydrogen) atoms. The van der Waals surface area contributed by atoms with E-state index in [-0.39, 0.29) is 11.9 Å². The third kappa shape index (κ3) is 3.40. The number of H-pyrrole nitrogens is 1. The van der Waals surface area contributed by atoms with Crippen molar-refractivity contribution in [2.75, 3.05) is 0 Å². The first-order chi connectivity index (χ1) is 12.3. The Morgan fingerprint density at radius 3 is 2.80 bits per heavy atom. The topological polar surface area (TPSA) is 67.0 Å². The van der Waals surface area contributed by atoms with Gasteiger partial charge in [-0.05, 0) is 37.1 Å². The van der Waals surface area contributed by atoms with Gasteiger partial charge >= 0.3 is 0 Å². The molecule has 1 aliphatic carbocycles. The molecular weight excluding hydrogens is 314 g/mol. The monoisotopic (exact) mass is 333 g/mol. The average Bonchev–Trinajstić information content (AvgIpc) is 3.11. The highest BCUT2D eigenvalue weighted by molar-refractivity contribution is 5.97. The van der Waals surface area contributed by atoms with E-state index in [1.807, 2.05) is 48.5 Å². The van der Waals surface area contributed by atoms with Crippen molar-refractivity contribution in [2.24, 2.45) is 0 Å². The Morgan fingerprint density at radius 2 is 1.92 bits per heavy atom. The number of benzene rings is 2. The Labute approximate surface area is 146 Å². The van der Waals surface area contributed by atoms with Gasteiger partial charge in [0.05, 0.1) is 17.6 Å². The van der Waals surface area contributed by atoms with E-state index >= 15 is 0 Å². The summed E-state index contributed by atoms with van der Waals surface area (Å²) in [6, 6.07) is 16.9. The van der Waals surface area contributed by atoms with Gasteiger partial charge < -0.3 is 15.0 Å². The van der Waals surface area contributed by atoms with Crippen molar-refractivity contribution < 1.29 is 9.53 Å². The van der Waals surface area contributed by atoms with Gasteiger partial charge in [-0.1, -0.05) is 30.3 Å². The highest BCUT2D eigenvalue weighted by atomic mass is 16.5. The molecule has 126 valence electrons. The molecule has 1 atom stereocenters. The number of hydrogen-bond donors (Lipinski definition) is 2. The molecule has 0 radical (unpaired) electrons. The number of ether oxygens (including phenoxy) is 1. The molecule has 1 aromatic heterocycles. The highest BCUT2D eigenvalue weighted by Crippen LogP contribution is 2.25. The molecule has 3 aromatic rings. The molecule has 2 N–H and O–H groups in total. The number of aromatic nitrogens is 2. The summed E-state index contributed by atoms with van der Waals surface area (Å²) in [5.41, 5.74) is 2.77. The number of fused-ring (bicyclic) bond motifs is 1. The average molecular weight is 333 g/mol. The van der Waals surface area contributed by atoms with Gasteiger partial charge in [-0.2, -0.15) is 0 Å². The fraction of sp³-hybridized carbons (Fsp3) is 0.200. The molecule has 0 fully saturated rings. The van der Waals surface area contributed by atoms with E-state index in [1.165, 1.54) is 5.69 Å². The molecule has 0 saturated carbocycles. The second-order valence-corrected chi connectivity index (χ2v) is 6.15. The summed E-state index contributed by atoms with van der Waals surface area (Å²) in [6.45, 7) is 0. The lowest BCUT2D eigenvalue weighted by Crippen LogP contribution is -2.39. The zero-order valence-electron chi connectivity index (χ0n) is 13.7. The Hall–Kier alpha value is -3.08. The maximum absolute atomic E-state index is 12.8. The van der Waals surface area contributed by atoms with E-state index in [0.29, 0.717) is 17.1 Å². The van der Waals surface area contributed by atoms with Crippen LogP contribution in [-0.2, 0) is 12.8 Å². The van der Waals surface area contributed by atoms with Gasteiger partial charge in [0.25, 0.3) is 5.91 Å². The zero-order chi connectivity index (χ0) is 17.1. The number of amides is 1. The molecule has 0 bridgehead atoms. The standard InChI is InChI=1S/C20H19N3O2/c24-20(23-14-10-11-17-18(12-14)22-13-21-17)16-8-4-5-9-19(16)25-15-6-2-1-3-7-15/h1-9,13-14H,10-12H2,(H,21,22)(H,23,24). The first-order valence-corrected chi connectivity index (χ1v) is 8.43. The van der Waals surface area contributed by atoms with E-state index in [1.54, 1.807) is 12.4 Å². The van der Waals surface area contributed by atoms with Gasteiger partial charge in [-0.15, -0.1) is 0 Å². The summed E-state index contributed by atoms with van der Waals surface area (Å²) >= 11 is 0. The second kappa shape index (κ2) is 6.81. The number of hydrogen-bond acceptors (Lipinski definition) is 3. The molecule has 5 nitrogen and oxygen atoms in total. The third-order valence-corrected chi connectivity index (χ3v) is 4.43. The lowest BCUT2D eigenvalue weighted by atomic mass is 9.96. The first-order valence-electron chi connectivity index (χ1n) is 8.43. The molecule has 2 aromatic carbocycles. The van der Waals surface area contributed by atoms with Crippen molar-refractivity contribution in [1.82, 2.24) is 15.3 Å². The molecule has 4 rings (SSSR count). The molecular formula is C20H19N3O2. The number of imidazole rings is 1. The van der Waals surface area contributed by atoms with Gasteiger partial charge in [-0.3, -0.25) is 4.79 Å². The molecule has 1 heterocycles. The number of rotatable bonds is 4. The number of nitrogens with one attached hydrogen (secondary N) is 2. The number of aryl methyl sites for hydroxylation is 1. The second-order valence-electron chi connectivity index (χ2n) is 6.15. The van der Waals surface area contributed by atoms with E-state index < -0.39 is 0 Å². The minimum absolute atomic E-state index is 0.0908. The Balaban J connectivity index is 1.49. The largest absolute Gasteiger partial charge is 0.457 e. The molecule has 1 unspecified atom stereocenters. The van der Waals surface area contributed by atoms with Crippen LogP contribution in [-0.4, -0.2) is 21.9 Å². The maximum atomic E-state index is 12.8. The van der Waals surface area contributed by atoms with Gasteiger partial charge in [0, 0.05) is 18.2 Å². The van der Waals surface area contributed by atoms with Gasteiger partial charge in [0.15, 0.2) is 0 Å². The number of carbonyl (C=O) groups is 1. The smallest absolute Gasteiger partial charge is 0.255 e. The van der Waals surface area contributed by atoms with Crippen LogP contribution in [0.4, 0.5) is 0 Å². The molecule has 1 amide bonds. The molecule has 5 heteroatoms.